The summed E-state index contributed by atoms with van der Waals surface area (Å²) in [6.07, 6.45) is 0. The van der Waals surface area contributed by atoms with Crippen molar-refractivity contribution in [3.63, 3.8) is 0 Å². The average Bonchev–Trinajstić information content (AvgIpc) is 2.46. The van der Waals surface area contributed by atoms with Crippen molar-refractivity contribution in [3.8, 4) is 0 Å². The summed E-state index contributed by atoms with van der Waals surface area (Å²) in [5, 5.41) is 9.23. The molecule has 1 amide bonds. The molecule has 1 aromatic heterocycles. The Morgan fingerprint density at radius 2 is 2.50 bits per heavy atom. The van der Waals surface area contributed by atoms with E-state index in [1.54, 1.807) is 23.1 Å². The zero-order valence-electron chi connectivity index (χ0n) is 9.87. The molecule has 1 atom stereocenters. The van der Waals surface area contributed by atoms with Gasteiger partial charge in [0.15, 0.2) is 0 Å². The van der Waals surface area contributed by atoms with E-state index in [2.05, 4.69) is 10.4 Å². The molecule has 0 spiro atoms. The zero-order chi connectivity index (χ0) is 13.0. The van der Waals surface area contributed by atoms with Gasteiger partial charge in [0.25, 0.3) is 5.91 Å². The normalized spacial score (nSPS) is 19.7. The lowest BCUT2D eigenvalue weighted by Gasteiger charge is -2.34. The number of hydrogen-bond acceptors (Lipinski definition) is 6. The van der Waals surface area contributed by atoms with Crippen LogP contribution in [0.2, 0.25) is 0 Å². The van der Waals surface area contributed by atoms with Gasteiger partial charge in [0.05, 0.1) is 25.9 Å². The lowest BCUT2D eigenvalue weighted by Crippen LogP contribution is -2.50. The van der Waals surface area contributed by atoms with Crippen molar-refractivity contribution in [3.05, 3.63) is 23.9 Å². The minimum absolute atomic E-state index is 0.124. The van der Waals surface area contributed by atoms with Crippen LogP contribution in [0, 0.1) is 0 Å². The minimum atomic E-state index is -0.317. The van der Waals surface area contributed by atoms with Crippen LogP contribution in [0.5, 0.6) is 0 Å². The number of hydrogen-bond donors (Lipinski definition) is 3. The monoisotopic (exact) mass is 252 g/mol. The van der Waals surface area contributed by atoms with E-state index < -0.39 is 0 Å². The van der Waals surface area contributed by atoms with Crippen LogP contribution in [-0.2, 0) is 4.74 Å². The minimum Gasteiger partial charge on any atom is -0.394 e. The number of ether oxygens (including phenoxy) is 1. The fraction of sp³-hybridized carbons (Fsp3) is 0.455. The van der Waals surface area contributed by atoms with Gasteiger partial charge in [-0.15, -0.1) is 0 Å². The van der Waals surface area contributed by atoms with E-state index in [4.69, 9.17) is 10.6 Å². The van der Waals surface area contributed by atoms with Crippen molar-refractivity contribution in [2.24, 2.45) is 5.84 Å². The Balaban J connectivity index is 2.18. The van der Waals surface area contributed by atoms with Gasteiger partial charge in [-0.2, -0.15) is 0 Å². The van der Waals surface area contributed by atoms with E-state index in [1.807, 2.05) is 0 Å². The molecule has 1 saturated heterocycles. The van der Waals surface area contributed by atoms with E-state index in [1.165, 1.54) is 0 Å². The van der Waals surface area contributed by atoms with Crippen molar-refractivity contribution in [1.29, 1.82) is 0 Å². The molecule has 1 aromatic rings. The molecule has 2 rings (SSSR count). The Hall–Kier alpha value is -1.70. The second kappa shape index (κ2) is 5.76. The first-order chi connectivity index (χ1) is 8.76. The number of aromatic nitrogens is 1. The molecule has 1 aliphatic heterocycles. The molecule has 0 aromatic carbocycles. The van der Waals surface area contributed by atoms with Gasteiger partial charge in [-0.05, 0) is 12.1 Å². The third-order valence-electron chi connectivity index (χ3n) is 2.82. The zero-order valence-corrected chi connectivity index (χ0v) is 9.87. The number of hydrazine groups is 1. The standard InChI is InChI=1S/C11H16N4O3/c12-14-10-3-1-2-9(13-10)11(17)15-4-5-18-7-8(15)6-16/h1-3,8,16H,4-7,12H2,(H,13,14). The van der Waals surface area contributed by atoms with Gasteiger partial charge in [0.1, 0.15) is 11.5 Å². The van der Waals surface area contributed by atoms with E-state index in [0.29, 0.717) is 31.3 Å². The van der Waals surface area contributed by atoms with Crippen LogP contribution in [0.4, 0.5) is 5.82 Å². The van der Waals surface area contributed by atoms with Gasteiger partial charge in [-0.1, -0.05) is 6.07 Å². The molecule has 7 heteroatoms. The molecule has 2 heterocycles. The smallest absolute Gasteiger partial charge is 0.273 e. The summed E-state index contributed by atoms with van der Waals surface area (Å²) in [4.78, 5) is 17.9. The van der Waals surface area contributed by atoms with Crippen LogP contribution in [0.25, 0.3) is 0 Å². The van der Waals surface area contributed by atoms with Crippen molar-refractivity contribution in [2.75, 3.05) is 31.8 Å². The van der Waals surface area contributed by atoms with E-state index >= 15 is 0 Å². The van der Waals surface area contributed by atoms with Crippen LogP contribution in [0.15, 0.2) is 18.2 Å². The molecular formula is C11H16N4O3. The fourth-order valence-electron chi connectivity index (χ4n) is 1.85. The molecular weight excluding hydrogens is 236 g/mol. The maximum absolute atomic E-state index is 12.3. The summed E-state index contributed by atoms with van der Waals surface area (Å²) in [5.74, 6) is 5.45. The van der Waals surface area contributed by atoms with Crippen molar-refractivity contribution < 1.29 is 14.6 Å². The molecule has 0 bridgehead atoms. The summed E-state index contributed by atoms with van der Waals surface area (Å²) in [7, 11) is 0. The number of carbonyl (C=O) groups is 1. The molecule has 1 unspecified atom stereocenters. The number of nitrogen functional groups attached to an aromatic ring is 1. The number of amides is 1. The number of rotatable bonds is 3. The first kappa shape index (κ1) is 12.7. The van der Waals surface area contributed by atoms with Gasteiger partial charge in [0.2, 0.25) is 0 Å². The van der Waals surface area contributed by atoms with Crippen LogP contribution in [0.1, 0.15) is 10.5 Å². The molecule has 4 N–H and O–H groups in total. The summed E-state index contributed by atoms with van der Waals surface area (Å²) < 4.78 is 5.23. The Labute approximate surface area is 105 Å². The van der Waals surface area contributed by atoms with Gasteiger partial charge >= 0.3 is 0 Å². The van der Waals surface area contributed by atoms with Gasteiger partial charge in [0, 0.05) is 6.54 Å². The summed E-state index contributed by atoms with van der Waals surface area (Å²) in [5.41, 5.74) is 2.69. The molecule has 1 fully saturated rings. The van der Waals surface area contributed by atoms with Gasteiger partial charge < -0.3 is 20.2 Å². The van der Waals surface area contributed by atoms with Crippen LogP contribution >= 0.6 is 0 Å². The molecule has 0 radical (unpaired) electrons. The van der Waals surface area contributed by atoms with E-state index in [0.717, 1.165) is 0 Å². The largest absolute Gasteiger partial charge is 0.394 e. The first-order valence-corrected chi connectivity index (χ1v) is 5.69. The third-order valence-corrected chi connectivity index (χ3v) is 2.82. The average molecular weight is 252 g/mol. The number of morpholine rings is 1. The number of pyridine rings is 1. The fourth-order valence-corrected chi connectivity index (χ4v) is 1.85. The highest BCUT2D eigenvalue weighted by molar-refractivity contribution is 5.93. The Morgan fingerprint density at radius 3 is 3.22 bits per heavy atom. The Morgan fingerprint density at radius 1 is 1.67 bits per heavy atom. The number of nitrogens with zero attached hydrogens (tertiary/aromatic N) is 2. The number of carbonyl (C=O) groups excluding carboxylic acids is 1. The molecule has 1 aliphatic rings. The molecule has 0 saturated carbocycles. The van der Waals surface area contributed by atoms with Crippen molar-refractivity contribution >= 4 is 11.7 Å². The number of nitrogens with two attached hydrogens (primary N) is 1. The van der Waals surface area contributed by atoms with Gasteiger partial charge in [-0.3, -0.25) is 4.79 Å². The molecule has 98 valence electrons. The van der Waals surface area contributed by atoms with Crippen LogP contribution in [-0.4, -0.2) is 53.3 Å². The van der Waals surface area contributed by atoms with Crippen LogP contribution < -0.4 is 11.3 Å². The maximum atomic E-state index is 12.3. The van der Waals surface area contributed by atoms with E-state index in [-0.39, 0.29) is 18.6 Å². The lowest BCUT2D eigenvalue weighted by atomic mass is 10.2. The van der Waals surface area contributed by atoms with Crippen molar-refractivity contribution in [1.82, 2.24) is 9.88 Å². The summed E-state index contributed by atoms with van der Waals surface area (Å²) in [6.45, 7) is 1.14. The second-order valence-electron chi connectivity index (χ2n) is 3.96. The number of aliphatic hydroxyl groups is 1. The summed E-state index contributed by atoms with van der Waals surface area (Å²) >= 11 is 0. The second-order valence-corrected chi connectivity index (χ2v) is 3.96. The highest BCUT2D eigenvalue weighted by Crippen LogP contribution is 2.12. The number of aliphatic hydroxyl groups excluding tert-OH is 1. The quantitative estimate of drug-likeness (QED) is 0.481. The lowest BCUT2D eigenvalue weighted by molar-refractivity contribution is -0.0186. The predicted octanol–water partition coefficient (Wildman–Crippen LogP) is -0.800. The summed E-state index contributed by atoms with van der Waals surface area (Å²) in [6, 6.07) is 4.67. The Kier molecular flexibility index (Phi) is 4.08. The van der Waals surface area contributed by atoms with Crippen LogP contribution in [0.3, 0.4) is 0 Å². The number of nitrogens with one attached hydrogen (secondary N) is 1. The predicted molar refractivity (Wildman–Crippen MR) is 64.8 cm³/mol. The first-order valence-electron chi connectivity index (χ1n) is 5.69. The SMILES string of the molecule is NNc1cccc(C(=O)N2CCOCC2CO)n1. The highest BCUT2D eigenvalue weighted by Gasteiger charge is 2.28. The third kappa shape index (κ3) is 2.58. The topological polar surface area (TPSA) is 101 Å². The highest BCUT2D eigenvalue weighted by atomic mass is 16.5. The van der Waals surface area contributed by atoms with E-state index in [9.17, 15) is 9.90 Å². The molecule has 0 aliphatic carbocycles. The van der Waals surface area contributed by atoms with Gasteiger partial charge in [-0.25, -0.2) is 10.8 Å². The van der Waals surface area contributed by atoms with Crippen molar-refractivity contribution in [2.45, 2.75) is 6.04 Å². The molecule has 7 nitrogen and oxygen atoms in total. The molecule has 18 heavy (non-hydrogen) atoms. The Bertz CT molecular complexity index is 427. The number of anilines is 1. The maximum Gasteiger partial charge on any atom is 0.273 e.